The zero-order chi connectivity index (χ0) is 19.4. The first-order valence-electron chi connectivity index (χ1n) is 8.92. The Morgan fingerprint density at radius 3 is 3.07 bits per heavy atom. The molecule has 0 bridgehead atoms. The number of carbonyl (C=O) groups is 2. The van der Waals surface area contributed by atoms with Gasteiger partial charge in [0.25, 0.3) is 0 Å². The number of ether oxygens (including phenoxy) is 2. The Labute approximate surface area is 157 Å². The van der Waals surface area contributed by atoms with E-state index in [9.17, 15) is 9.59 Å². The van der Waals surface area contributed by atoms with Crippen LogP contribution in [0.15, 0.2) is 31.1 Å². The molecule has 8 heteroatoms. The van der Waals surface area contributed by atoms with E-state index in [4.69, 9.17) is 9.47 Å². The van der Waals surface area contributed by atoms with Gasteiger partial charge in [0, 0.05) is 36.9 Å². The third-order valence-corrected chi connectivity index (χ3v) is 4.42. The van der Waals surface area contributed by atoms with Crippen LogP contribution in [0.5, 0.6) is 0 Å². The van der Waals surface area contributed by atoms with Crippen LogP contribution in [-0.2, 0) is 14.3 Å². The second-order valence-electron chi connectivity index (χ2n) is 6.67. The second kappa shape index (κ2) is 8.22. The number of anilines is 1. The summed E-state index contributed by atoms with van der Waals surface area (Å²) in [5, 5.41) is 4.19. The average Bonchev–Trinajstić information content (AvgIpc) is 3.30. The molecule has 8 nitrogen and oxygen atoms in total. The Hall–Kier alpha value is -2.87. The zero-order valence-electron chi connectivity index (χ0n) is 15.5. The van der Waals surface area contributed by atoms with Gasteiger partial charge in [-0.2, -0.15) is 0 Å². The van der Waals surface area contributed by atoms with Gasteiger partial charge in [-0.25, -0.2) is 9.78 Å². The van der Waals surface area contributed by atoms with Crippen LogP contribution < -0.4 is 5.32 Å². The molecular formula is C19H24N4O4. The van der Waals surface area contributed by atoms with Crippen LogP contribution in [0.2, 0.25) is 0 Å². The lowest BCUT2D eigenvalue weighted by Gasteiger charge is -2.19. The van der Waals surface area contributed by atoms with Crippen molar-refractivity contribution in [2.24, 2.45) is 0 Å². The van der Waals surface area contributed by atoms with E-state index in [0.29, 0.717) is 30.0 Å². The number of hydrogen-bond acceptors (Lipinski definition) is 6. The average molecular weight is 372 g/mol. The lowest BCUT2D eigenvalue weighted by Crippen LogP contribution is -2.30. The van der Waals surface area contributed by atoms with Crippen LogP contribution in [0.4, 0.5) is 5.69 Å². The molecule has 0 saturated carbocycles. The summed E-state index contributed by atoms with van der Waals surface area (Å²) >= 11 is 0. The van der Waals surface area contributed by atoms with Gasteiger partial charge in [0.15, 0.2) is 6.79 Å². The van der Waals surface area contributed by atoms with Crippen molar-refractivity contribution < 1.29 is 19.1 Å². The summed E-state index contributed by atoms with van der Waals surface area (Å²) in [5.41, 5.74) is 1.65. The predicted molar refractivity (Wildman–Crippen MR) is 101 cm³/mol. The van der Waals surface area contributed by atoms with Gasteiger partial charge >= 0.3 is 5.97 Å². The maximum Gasteiger partial charge on any atom is 0.343 e. The summed E-state index contributed by atoms with van der Waals surface area (Å²) in [6.45, 7) is 8.33. The lowest BCUT2D eigenvalue weighted by molar-refractivity contribution is -0.125. The third kappa shape index (κ3) is 4.28. The van der Waals surface area contributed by atoms with E-state index >= 15 is 0 Å². The summed E-state index contributed by atoms with van der Waals surface area (Å²) in [7, 11) is 0. The van der Waals surface area contributed by atoms with Crippen LogP contribution in [0.3, 0.4) is 0 Å². The number of H-pyrrole nitrogens is 1. The fraction of sp³-hybridized carbons (Fsp3) is 0.421. The highest BCUT2D eigenvalue weighted by molar-refractivity contribution is 6.04. The molecule has 1 aliphatic heterocycles. The van der Waals surface area contributed by atoms with E-state index in [0.717, 1.165) is 11.8 Å². The molecule has 3 heterocycles. The largest absolute Gasteiger partial charge is 0.435 e. The number of nitrogens with zero attached hydrogens (tertiary/aromatic N) is 2. The molecule has 1 atom stereocenters. The first-order chi connectivity index (χ1) is 13.0. The van der Waals surface area contributed by atoms with Gasteiger partial charge < -0.3 is 24.7 Å². The van der Waals surface area contributed by atoms with Crippen LogP contribution in [0.1, 0.15) is 30.6 Å². The van der Waals surface area contributed by atoms with Crippen molar-refractivity contribution in [1.29, 1.82) is 0 Å². The van der Waals surface area contributed by atoms with Gasteiger partial charge in [0.2, 0.25) is 5.91 Å². The van der Waals surface area contributed by atoms with E-state index < -0.39 is 5.97 Å². The van der Waals surface area contributed by atoms with Crippen molar-refractivity contribution in [1.82, 2.24) is 14.9 Å². The molecule has 2 N–H and O–H groups in total. The Morgan fingerprint density at radius 1 is 1.52 bits per heavy atom. The molecule has 1 saturated heterocycles. The van der Waals surface area contributed by atoms with Crippen molar-refractivity contribution in [2.45, 2.75) is 32.4 Å². The standard InChI is InChI=1S/C19H24N4O4/c1-4-16(24)23-8-6-13(10-23)22-17-14-5-7-20-18(14)21-9-15(17)19(25)27-11-26-12(2)3/h4-5,7,9,12-13H,1,6,8,10-11H2,2-3H3,(H2,20,21,22)/t13-/m0/s1. The molecule has 27 heavy (non-hydrogen) atoms. The fourth-order valence-electron chi connectivity index (χ4n) is 3.03. The van der Waals surface area contributed by atoms with Crippen LogP contribution in [0, 0.1) is 0 Å². The summed E-state index contributed by atoms with van der Waals surface area (Å²) in [5.74, 6) is -0.600. The lowest BCUT2D eigenvalue weighted by atomic mass is 10.1. The number of rotatable bonds is 7. The number of amides is 1. The van der Waals surface area contributed by atoms with E-state index in [1.807, 2.05) is 19.9 Å². The molecule has 0 unspecified atom stereocenters. The number of aromatic nitrogens is 2. The normalized spacial score (nSPS) is 16.7. The molecule has 0 aromatic carbocycles. The molecule has 144 valence electrons. The van der Waals surface area contributed by atoms with Gasteiger partial charge in [-0.15, -0.1) is 0 Å². The van der Waals surface area contributed by atoms with Crippen molar-refractivity contribution in [3.63, 3.8) is 0 Å². The van der Waals surface area contributed by atoms with Crippen molar-refractivity contribution >= 4 is 28.6 Å². The number of carbonyl (C=O) groups excluding carboxylic acids is 2. The van der Waals surface area contributed by atoms with E-state index in [1.165, 1.54) is 12.3 Å². The van der Waals surface area contributed by atoms with Gasteiger partial charge in [0.05, 0.1) is 11.8 Å². The highest BCUT2D eigenvalue weighted by Gasteiger charge is 2.27. The van der Waals surface area contributed by atoms with Crippen LogP contribution in [-0.4, -0.2) is 58.8 Å². The summed E-state index contributed by atoms with van der Waals surface area (Å²) < 4.78 is 10.5. The van der Waals surface area contributed by atoms with Gasteiger partial charge in [-0.3, -0.25) is 4.79 Å². The molecule has 1 amide bonds. The van der Waals surface area contributed by atoms with E-state index in [2.05, 4.69) is 21.9 Å². The molecule has 2 aromatic rings. The number of hydrogen-bond donors (Lipinski definition) is 2. The molecule has 1 fully saturated rings. The van der Waals surface area contributed by atoms with Gasteiger partial charge in [-0.05, 0) is 32.4 Å². The molecule has 1 aliphatic rings. The minimum absolute atomic E-state index is 0.0212. The van der Waals surface area contributed by atoms with Crippen molar-refractivity contribution in [3.8, 4) is 0 Å². The first-order valence-corrected chi connectivity index (χ1v) is 8.92. The van der Waals surface area contributed by atoms with E-state index in [1.54, 1.807) is 11.1 Å². The minimum atomic E-state index is -0.509. The topological polar surface area (TPSA) is 96.6 Å². The number of aromatic amines is 1. The van der Waals surface area contributed by atoms with Gasteiger partial charge in [-0.1, -0.05) is 6.58 Å². The maximum absolute atomic E-state index is 12.5. The number of esters is 1. The molecular weight excluding hydrogens is 348 g/mol. The molecule has 0 spiro atoms. The van der Waals surface area contributed by atoms with Crippen molar-refractivity contribution in [2.75, 3.05) is 25.2 Å². The number of likely N-dealkylation sites (tertiary alicyclic amines) is 1. The number of fused-ring (bicyclic) bond motifs is 1. The molecule has 0 aliphatic carbocycles. The summed E-state index contributed by atoms with van der Waals surface area (Å²) in [4.78, 5) is 33.4. The number of pyridine rings is 1. The van der Waals surface area contributed by atoms with Gasteiger partial charge in [0.1, 0.15) is 11.2 Å². The zero-order valence-corrected chi connectivity index (χ0v) is 15.5. The number of nitrogens with one attached hydrogen (secondary N) is 2. The van der Waals surface area contributed by atoms with E-state index in [-0.39, 0.29) is 24.8 Å². The second-order valence-corrected chi connectivity index (χ2v) is 6.67. The summed E-state index contributed by atoms with van der Waals surface area (Å²) in [6.07, 6.45) is 5.31. The Morgan fingerprint density at radius 2 is 2.33 bits per heavy atom. The molecule has 0 radical (unpaired) electrons. The highest BCUT2D eigenvalue weighted by atomic mass is 16.7. The quantitative estimate of drug-likeness (QED) is 0.440. The highest BCUT2D eigenvalue weighted by Crippen LogP contribution is 2.28. The maximum atomic E-state index is 12.5. The van der Waals surface area contributed by atoms with Crippen LogP contribution >= 0.6 is 0 Å². The Bertz CT molecular complexity index is 845. The Balaban J connectivity index is 1.80. The minimum Gasteiger partial charge on any atom is -0.435 e. The fourth-order valence-corrected chi connectivity index (χ4v) is 3.03. The van der Waals surface area contributed by atoms with Crippen molar-refractivity contribution in [3.05, 3.63) is 36.7 Å². The smallest absolute Gasteiger partial charge is 0.343 e. The first kappa shape index (κ1) is 18.9. The summed E-state index contributed by atoms with van der Waals surface area (Å²) in [6, 6.07) is 1.88. The predicted octanol–water partition coefficient (Wildman–Crippen LogP) is 2.30. The molecule has 3 rings (SSSR count). The monoisotopic (exact) mass is 372 g/mol. The third-order valence-electron chi connectivity index (χ3n) is 4.42. The SMILES string of the molecule is C=CC(=O)N1CC[C@H](Nc2c(C(=O)OCOC(C)C)cnc3[nH]ccc23)C1. The molecule has 2 aromatic heterocycles. The Kier molecular flexibility index (Phi) is 5.75. The van der Waals surface area contributed by atoms with Crippen LogP contribution in [0.25, 0.3) is 11.0 Å².